The minimum atomic E-state index is -3.21. The van der Waals surface area contributed by atoms with Crippen LogP contribution in [0.4, 0.5) is 0 Å². The molecule has 11 heteroatoms. The normalized spacial score (nSPS) is 19.3. The second-order valence-corrected chi connectivity index (χ2v) is 24.1. The van der Waals surface area contributed by atoms with Gasteiger partial charge in [-0.3, -0.25) is 9.59 Å². The number of rotatable bonds is 15. The Kier molecular flexibility index (Phi) is 12.5. The van der Waals surface area contributed by atoms with Crippen LogP contribution in [0.15, 0.2) is 115 Å². The first-order chi connectivity index (χ1) is 26.7. The molecule has 0 unspecified atom stereocenters. The lowest BCUT2D eigenvalue weighted by Gasteiger charge is -2.55. The number of esters is 2. The summed E-state index contributed by atoms with van der Waals surface area (Å²) in [6.07, 6.45) is -0.787. The third-order valence-electron chi connectivity index (χ3n) is 11.4. The minimum Gasteiger partial charge on any atom is -0.497 e. The Hall–Kier alpha value is -4.47. The number of carbonyl (C=O) groups is 3. The Bertz CT molecular complexity index is 1940. The van der Waals surface area contributed by atoms with Crippen molar-refractivity contribution in [1.29, 1.82) is 0 Å². The average molecular weight is 796 g/mol. The summed E-state index contributed by atoms with van der Waals surface area (Å²) in [5, 5.41) is 2.53. The number of ether oxygens (including phenoxy) is 4. The van der Waals surface area contributed by atoms with Crippen molar-refractivity contribution in [2.75, 3.05) is 20.3 Å². The van der Waals surface area contributed by atoms with Crippen molar-refractivity contribution in [1.82, 2.24) is 4.90 Å². The largest absolute Gasteiger partial charge is 0.497 e. The average Bonchev–Trinajstić information content (AvgIpc) is 4.03. The lowest BCUT2D eigenvalue weighted by Crippen LogP contribution is -2.72. The third kappa shape index (κ3) is 8.30. The highest BCUT2D eigenvalue weighted by Crippen LogP contribution is 2.52. The van der Waals surface area contributed by atoms with E-state index in [2.05, 4.69) is 33.9 Å². The van der Waals surface area contributed by atoms with Gasteiger partial charge < -0.3 is 28.3 Å². The summed E-state index contributed by atoms with van der Waals surface area (Å²) in [5.74, 6) is -1.69. The van der Waals surface area contributed by atoms with E-state index in [1.807, 2.05) is 122 Å². The van der Waals surface area contributed by atoms with Crippen LogP contribution in [0.3, 0.4) is 0 Å². The fourth-order valence-corrected chi connectivity index (χ4v) is 13.3. The number of hydrogen-bond acceptors (Lipinski definition) is 8. The predicted molar refractivity (Wildman–Crippen MR) is 225 cm³/mol. The molecule has 0 spiro atoms. The lowest BCUT2D eigenvalue weighted by atomic mass is 9.75. The molecule has 5 atom stereocenters. The summed E-state index contributed by atoms with van der Waals surface area (Å²) in [6.45, 7) is 11.4. The van der Waals surface area contributed by atoms with Crippen molar-refractivity contribution in [3.63, 3.8) is 0 Å². The molecule has 9 nitrogen and oxygen atoms in total. The van der Waals surface area contributed by atoms with Gasteiger partial charge in [0.2, 0.25) is 5.91 Å². The number of epoxide rings is 1. The van der Waals surface area contributed by atoms with Crippen LogP contribution in [0.2, 0.25) is 18.1 Å². The van der Waals surface area contributed by atoms with Crippen LogP contribution in [-0.2, 0) is 39.6 Å². The van der Waals surface area contributed by atoms with Crippen molar-refractivity contribution < 1.29 is 37.8 Å². The molecule has 0 aliphatic carbocycles. The van der Waals surface area contributed by atoms with Gasteiger partial charge in [-0.1, -0.05) is 124 Å². The van der Waals surface area contributed by atoms with Crippen molar-refractivity contribution >= 4 is 54.4 Å². The van der Waals surface area contributed by atoms with Crippen LogP contribution >= 0.6 is 6.89 Å². The maximum atomic E-state index is 15.5. The number of benzene rings is 4. The number of hydrogen-bond donors (Lipinski definition) is 0. The second-order valence-electron chi connectivity index (χ2n) is 16.1. The zero-order chi connectivity index (χ0) is 40.3. The summed E-state index contributed by atoms with van der Waals surface area (Å²) >= 11 is 0. The Labute approximate surface area is 332 Å². The predicted octanol–water partition coefficient (Wildman–Crippen LogP) is 6.68. The van der Waals surface area contributed by atoms with Crippen LogP contribution in [0.5, 0.6) is 5.75 Å². The SMILES string of the molecule is COc1ccc(COC(=O)C(N2C(=O)[C@H]([C@@H](C)O[Si](C)(C)C(C)(C)C)[C@H]2[C@@H](COC(C)=O)[C@H]2CO2)=P(c2ccccc2)(c2ccccc2)c2ccccc2)cc1. The number of methoxy groups -OCH3 is 1. The van der Waals surface area contributed by atoms with E-state index >= 15 is 9.59 Å². The summed E-state index contributed by atoms with van der Waals surface area (Å²) < 4.78 is 30.3. The molecule has 0 saturated carbocycles. The van der Waals surface area contributed by atoms with E-state index in [1.54, 1.807) is 12.0 Å². The van der Waals surface area contributed by atoms with Crippen molar-refractivity contribution in [3.05, 3.63) is 121 Å². The van der Waals surface area contributed by atoms with E-state index < -0.39 is 51.1 Å². The van der Waals surface area contributed by atoms with Crippen LogP contribution in [-0.4, -0.2) is 75.1 Å². The molecule has 296 valence electrons. The number of amides is 1. The first-order valence-corrected chi connectivity index (χ1v) is 23.9. The molecule has 2 aliphatic heterocycles. The molecular weight excluding hydrogens is 742 g/mol. The van der Waals surface area contributed by atoms with Crippen LogP contribution in [0.25, 0.3) is 0 Å². The molecule has 2 saturated heterocycles. The molecule has 0 radical (unpaired) electrons. The first-order valence-electron chi connectivity index (χ1n) is 19.2. The van der Waals surface area contributed by atoms with Crippen LogP contribution in [0, 0.1) is 11.8 Å². The minimum absolute atomic E-state index is 0.0133. The molecule has 0 N–H and O–H groups in total. The van der Waals surface area contributed by atoms with Crippen molar-refractivity contribution in [2.45, 2.75) is 77.6 Å². The Balaban J connectivity index is 1.64. The Morgan fingerprint density at radius 3 is 1.77 bits per heavy atom. The molecule has 4 aromatic carbocycles. The topological polar surface area (TPSA) is 104 Å². The molecule has 2 fully saturated rings. The zero-order valence-electron chi connectivity index (χ0n) is 33.6. The fraction of sp³-hybridized carbons (Fsp3) is 0.378. The lowest BCUT2D eigenvalue weighted by molar-refractivity contribution is -0.164. The van der Waals surface area contributed by atoms with E-state index in [9.17, 15) is 4.79 Å². The fourth-order valence-electron chi connectivity index (χ4n) is 7.47. The Morgan fingerprint density at radius 2 is 1.34 bits per heavy atom. The molecule has 4 aromatic rings. The highest BCUT2D eigenvalue weighted by molar-refractivity contribution is 7.96. The van der Waals surface area contributed by atoms with E-state index in [4.69, 9.17) is 23.4 Å². The molecule has 0 aromatic heterocycles. The maximum Gasteiger partial charge on any atom is 0.356 e. The molecule has 6 rings (SSSR count). The quantitative estimate of drug-likeness (QED) is 0.0432. The molecule has 0 bridgehead atoms. The summed E-state index contributed by atoms with van der Waals surface area (Å²) in [6, 6.07) is 36.6. The van der Waals surface area contributed by atoms with Gasteiger partial charge in [-0.2, -0.15) is 0 Å². The number of likely N-dealkylation sites (tertiary alicyclic amines) is 1. The van der Waals surface area contributed by atoms with Crippen molar-refractivity contribution in [2.24, 2.45) is 11.8 Å². The molecule has 2 aliphatic rings. The van der Waals surface area contributed by atoms with Gasteiger partial charge in [0.1, 0.15) is 17.8 Å². The van der Waals surface area contributed by atoms with Gasteiger partial charge in [0, 0.05) is 19.7 Å². The highest BCUT2D eigenvalue weighted by atomic mass is 31.2. The zero-order valence-corrected chi connectivity index (χ0v) is 35.5. The van der Waals surface area contributed by atoms with Gasteiger partial charge in [-0.15, -0.1) is 0 Å². The molecule has 2 heterocycles. The van der Waals surface area contributed by atoms with Gasteiger partial charge in [-0.05, 0) is 58.7 Å². The van der Waals surface area contributed by atoms with Gasteiger partial charge in [-0.25, -0.2) is 4.79 Å². The summed E-state index contributed by atoms with van der Waals surface area (Å²) in [7, 11) is -0.765. The standard InChI is InChI=1S/C45H54NO8PSi/c1-31(54-56(7,8)45(3,4)5)40-41(38(39-30-52-39)29-51-32(2)47)46(42(40)48)43(44(49)53-28-33-24-26-34(50-6)27-25-33)55(35-18-12-9-13-19-35,36-20-14-10-15-21-36)37-22-16-11-17-23-37/h9-27,31,38-41H,28-30H2,1-8H3/t31-,38+,39-,40-,41-/m1/s1. The van der Waals surface area contributed by atoms with Gasteiger partial charge >= 0.3 is 11.9 Å². The molecular formula is C45H54NO8PSi. The second kappa shape index (κ2) is 16.9. The van der Waals surface area contributed by atoms with Crippen LogP contribution in [0.1, 0.15) is 40.2 Å². The first kappa shape index (κ1) is 41.2. The van der Waals surface area contributed by atoms with Gasteiger partial charge in [0.05, 0.1) is 44.5 Å². The summed E-state index contributed by atoms with van der Waals surface area (Å²) in [5.41, 5.74) is 1.02. The van der Waals surface area contributed by atoms with E-state index in [0.717, 1.165) is 21.5 Å². The van der Waals surface area contributed by atoms with E-state index in [1.165, 1.54) is 6.92 Å². The van der Waals surface area contributed by atoms with Crippen LogP contribution < -0.4 is 20.7 Å². The van der Waals surface area contributed by atoms with E-state index in [-0.39, 0.29) is 35.7 Å². The van der Waals surface area contributed by atoms with Crippen molar-refractivity contribution in [3.8, 4) is 5.75 Å². The Morgan fingerprint density at radius 1 is 0.839 bits per heavy atom. The molecule has 1 amide bonds. The smallest absolute Gasteiger partial charge is 0.356 e. The van der Waals surface area contributed by atoms with Gasteiger partial charge in [0.15, 0.2) is 8.32 Å². The summed E-state index contributed by atoms with van der Waals surface area (Å²) in [4.78, 5) is 44.8. The van der Waals surface area contributed by atoms with E-state index in [0.29, 0.717) is 12.4 Å². The number of nitrogens with zero attached hydrogens (tertiary/aromatic N) is 1. The number of β-lactam (4-membered cyclic amide) rings is 1. The molecule has 56 heavy (non-hydrogen) atoms. The van der Waals surface area contributed by atoms with Gasteiger partial charge in [0.25, 0.3) is 0 Å². The third-order valence-corrected chi connectivity index (χ3v) is 20.2. The number of carbonyl (C=O) groups excluding carboxylic acids is 3. The maximum absolute atomic E-state index is 15.5. The highest BCUT2D eigenvalue weighted by Gasteiger charge is 2.61. The monoisotopic (exact) mass is 795 g/mol.